The Morgan fingerprint density at radius 1 is 1.14 bits per heavy atom. The molecule has 1 aromatic carbocycles. The van der Waals surface area contributed by atoms with Crippen LogP contribution in [0.2, 0.25) is 0 Å². The van der Waals surface area contributed by atoms with Crippen molar-refractivity contribution in [3.63, 3.8) is 0 Å². The summed E-state index contributed by atoms with van der Waals surface area (Å²) in [6.45, 7) is 8.77. The molecule has 1 atom stereocenters. The van der Waals surface area contributed by atoms with Gasteiger partial charge in [-0.2, -0.15) is 0 Å². The smallest absolute Gasteiger partial charge is 0.0608 e. The minimum atomic E-state index is 0.265. The van der Waals surface area contributed by atoms with E-state index in [1.807, 2.05) is 19.3 Å². The number of aryl methyl sites for hydroxylation is 4. The number of benzene rings is 1. The van der Waals surface area contributed by atoms with Crippen LogP contribution in [0, 0.1) is 20.8 Å². The standard InChI is InChI=1S/C19H26N2/c1-6-16-8-7-9-21-19(16)18(20-5)12-17-14(3)10-13(2)11-15(17)4/h7-11,18,20H,6,12H2,1-5H3. The van der Waals surface area contributed by atoms with E-state index in [1.165, 1.54) is 33.5 Å². The maximum atomic E-state index is 4.63. The van der Waals surface area contributed by atoms with E-state index in [4.69, 9.17) is 0 Å². The molecule has 2 nitrogen and oxygen atoms in total. The summed E-state index contributed by atoms with van der Waals surface area (Å²) < 4.78 is 0. The van der Waals surface area contributed by atoms with Gasteiger partial charge in [0.1, 0.15) is 0 Å². The number of hydrogen-bond donors (Lipinski definition) is 1. The van der Waals surface area contributed by atoms with E-state index in [-0.39, 0.29) is 6.04 Å². The average Bonchev–Trinajstić information content (AvgIpc) is 2.46. The number of aromatic nitrogens is 1. The zero-order valence-electron chi connectivity index (χ0n) is 13.8. The molecule has 2 rings (SSSR count). The summed E-state index contributed by atoms with van der Waals surface area (Å²) in [6, 6.07) is 9.02. The molecule has 21 heavy (non-hydrogen) atoms. The van der Waals surface area contributed by atoms with Crippen LogP contribution in [-0.4, -0.2) is 12.0 Å². The molecule has 2 aromatic rings. The number of nitrogens with one attached hydrogen (secondary N) is 1. The van der Waals surface area contributed by atoms with Crippen LogP contribution < -0.4 is 5.32 Å². The molecule has 0 aliphatic carbocycles. The summed E-state index contributed by atoms with van der Waals surface area (Å²) in [5.74, 6) is 0. The maximum absolute atomic E-state index is 4.63. The zero-order chi connectivity index (χ0) is 15.4. The van der Waals surface area contributed by atoms with E-state index >= 15 is 0 Å². The van der Waals surface area contributed by atoms with Crippen molar-refractivity contribution in [3.8, 4) is 0 Å². The second kappa shape index (κ2) is 6.86. The Labute approximate surface area is 128 Å². The van der Waals surface area contributed by atoms with Gasteiger partial charge in [-0.3, -0.25) is 4.98 Å². The van der Waals surface area contributed by atoms with E-state index in [9.17, 15) is 0 Å². The first-order chi connectivity index (χ1) is 10.1. The lowest BCUT2D eigenvalue weighted by Crippen LogP contribution is -2.22. The van der Waals surface area contributed by atoms with Gasteiger partial charge in [0, 0.05) is 6.20 Å². The summed E-state index contributed by atoms with van der Waals surface area (Å²) in [5.41, 5.74) is 8.04. The third-order valence-corrected chi connectivity index (χ3v) is 4.23. The quantitative estimate of drug-likeness (QED) is 0.894. The molecule has 2 heteroatoms. The lowest BCUT2D eigenvalue weighted by molar-refractivity contribution is 0.567. The van der Waals surface area contributed by atoms with Gasteiger partial charge in [0.25, 0.3) is 0 Å². The Morgan fingerprint density at radius 2 is 1.81 bits per heavy atom. The van der Waals surface area contributed by atoms with Crippen molar-refractivity contribution in [1.29, 1.82) is 0 Å². The van der Waals surface area contributed by atoms with Gasteiger partial charge in [-0.1, -0.05) is 30.7 Å². The second-order valence-electron chi connectivity index (χ2n) is 5.82. The molecular weight excluding hydrogens is 256 g/mol. The molecule has 1 heterocycles. The number of hydrogen-bond acceptors (Lipinski definition) is 2. The summed E-state index contributed by atoms with van der Waals surface area (Å²) in [7, 11) is 2.03. The summed E-state index contributed by atoms with van der Waals surface area (Å²) in [6.07, 6.45) is 3.90. The highest BCUT2D eigenvalue weighted by molar-refractivity contribution is 5.39. The Hall–Kier alpha value is -1.67. The fourth-order valence-corrected chi connectivity index (χ4v) is 3.14. The van der Waals surface area contributed by atoms with Crippen molar-refractivity contribution >= 4 is 0 Å². The van der Waals surface area contributed by atoms with E-state index in [0.717, 1.165) is 12.8 Å². The first-order valence-corrected chi connectivity index (χ1v) is 7.74. The first kappa shape index (κ1) is 15.7. The number of rotatable bonds is 5. The average molecular weight is 282 g/mol. The SMILES string of the molecule is CCc1cccnc1C(Cc1c(C)cc(C)cc1C)NC. The predicted molar refractivity (Wildman–Crippen MR) is 89.8 cm³/mol. The fourth-order valence-electron chi connectivity index (χ4n) is 3.14. The highest BCUT2D eigenvalue weighted by Crippen LogP contribution is 2.25. The largest absolute Gasteiger partial charge is 0.311 e. The maximum Gasteiger partial charge on any atom is 0.0608 e. The van der Waals surface area contributed by atoms with Gasteiger partial charge in [0.2, 0.25) is 0 Å². The third kappa shape index (κ3) is 3.51. The van der Waals surface area contributed by atoms with E-state index < -0.39 is 0 Å². The number of nitrogens with zero attached hydrogens (tertiary/aromatic N) is 1. The minimum Gasteiger partial charge on any atom is -0.311 e. The lowest BCUT2D eigenvalue weighted by Gasteiger charge is -2.21. The van der Waals surface area contributed by atoms with Gasteiger partial charge in [-0.05, 0) is 69.0 Å². The molecule has 1 unspecified atom stereocenters. The number of likely N-dealkylation sites (N-methyl/N-ethyl adjacent to an activating group) is 1. The summed E-state index contributed by atoms with van der Waals surface area (Å²) in [5, 5.41) is 3.45. The van der Waals surface area contributed by atoms with Crippen molar-refractivity contribution in [2.75, 3.05) is 7.05 Å². The fraction of sp³-hybridized carbons (Fsp3) is 0.421. The van der Waals surface area contributed by atoms with Crippen LogP contribution >= 0.6 is 0 Å². The van der Waals surface area contributed by atoms with Gasteiger partial charge < -0.3 is 5.32 Å². The van der Waals surface area contributed by atoms with E-state index in [1.54, 1.807) is 0 Å². The predicted octanol–water partition coefficient (Wildman–Crippen LogP) is 4.07. The van der Waals surface area contributed by atoms with Crippen molar-refractivity contribution in [2.45, 2.75) is 46.6 Å². The van der Waals surface area contributed by atoms with Crippen LogP contribution in [0.1, 0.15) is 46.5 Å². The molecule has 112 valence electrons. The highest BCUT2D eigenvalue weighted by Gasteiger charge is 2.17. The van der Waals surface area contributed by atoms with Gasteiger partial charge in [0.15, 0.2) is 0 Å². The monoisotopic (exact) mass is 282 g/mol. The van der Waals surface area contributed by atoms with Gasteiger partial charge >= 0.3 is 0 Å². The third-order valence-electron chi connectivity index (χ3n) is 4.23. The topological polar surface area (TPSA) is 24.9 Å². The van der Waals surface area contributed by atoms with E-state index in [2.05, 4.69) is 56.2 Å². The van der Waals surface area contributed by atoms with Crippen molar-refractivity contribution < 1.29 is 0 Å². The first-order valence-electron chi connectivity index (χ1n) is 7.74. The molecule has 0 saturated carbocycles. The molecule has 0 amide bonds. The molecule has 0 aliphatic heterocycles. The number of pyridine rings is 1. The van der Waals surface area contributed by atoms with Crippen LogP contribution in [0.15, 0.2) is 30.5 Å². The van der Waals surface area contributed by atoms with Gasteiger partial charge in [-0.25, -0.2) is 0 Å². The molecule has 0 bridgehead atoms. The Balaban J connectivity index is 2.36. The minimum absolute atomic E-state index is 0.265. The van der Waals surface area contributed by atoms with E-state index in [0.29, 0.717) is 0 Å². The molecule has 0 aliphatic rings. The molecule has 0 radical (unpaired) electrons. The van der Waals surface area contributed by atoms with Gasteiger partial charge in [0.05, 0.1) is 11.7 Å². The summed E-state index contributed by atoms with van der Waals surface area (Å²) in [4.78, 5) is 4.63. The van der Waals surface area contributed by atoms with Crippen molar-refractivity contribution in [2.24, 2.45) is 0 Å². The van der Waals surface area contributed by atoms with Crippen LogP contribution in [0.5, 0.6) is 0 Å². The molecule has 0 fully saturated rings. The Bertz CT molecular complexity index is 594. The Kier molecular flexibility index (Phi) is 5.13. The lowest BCUT2D eigenvalue weighted by atomic mass is 9.92. The zero-order valence-corrected chi connectivity index (χ0v) is 13.8. The van der Waals surface area contributed by atoms with Crippen molar-refractivity contribution in [1.82, 2.24) is 10.3 Å². The van der Waals surface area contributed by atoms with Gasteiger partial charge in [-0.15, -0.1) is 0 Å². The summed E-state index contributed by atoms with van der Waals surface area (Å²) >= 11 is 0. The molecule has 1 N–H and O–H groups in total. The van der Waals surface area contributed by atoms with Crippen LogP contribution in [0.25, 0.3) is 0 Å². The molecular formula is C19H26N2. The van der Waals surface area contributed by atoms with Crippen molar-refractivity contribution in [3.05, 3.63) is 64.0 Å². The van der Waals surface area contributed by atoms with Crippen LogP contribution in [0.3, 0.4) is 0 Å². The van der Waals surface area contributed by atoms with Crippen LogP contribution in [-0.2, 0) is 12.8 Å². The molecule has 1 aromatic heterocycles. The highest BCUT2D eigenvalue weighted by atomic mass is 14.9. The second-order valence-corrected chi connectivity index (χ2v) is 5.82. The molecule has 0 spiro atoms. The Morgan fingerprint density at radius 3 is 2.38 bits per heavy atom. The normalized spacial score (nSPS) is 12.4. The van der Waals surface area contributed by atoms with Crippen LogP contribution in [0.4, 0.5) is 0 Å². The molecule has 0 saturated heterocycles.